The van der Waals surface area contributed by atoms with E-state index in [1.807, 2.05) is 35.7 Å². The molecule has 2 heterocycles. The summed E-state index contributed by atoms with van der Waals surface area (Å²) in [7, 11) is 0. The fourth-order valence-electron chi connectivity index (χ4n) is 1.61. The van der Waals surface area contributed by atoms with Crippen LogP contribution in [0.15, 0.2) is 40.9 Å². The van der Waals surface area contributed by atoms with Gasteiger partial charge >= 0.3 is 0 Å². The average Bonchev–Trinajstić information content (AvgIpc) is 2.82. The highest BCUT2D eigenvalue weighted by Gasteiger charge is 2.23. The molecule has 0 amide bonds. The zero-order valence-corrected chi connectivity index (χ0v) is 9.86. The third kappa shape index (κ3) is 1.86. The molecule has 0 radical (unpaired) electrons. The van der Waals surface area contributed by atoms with Crippen LogP contribution < -0.4 is 5.43 Å². The zero-order chi connectivity index (χ0) is 12.5. The summed E-state index contributed by atoms with van der Waals surface area (Å²) in [6, 6.07) is 9.47. The minimum Gasteiger partial charge on any atom is -0.289 e. The quantitative estimate of drug-likeness (QED) is 0.907. The Hall–Kier alpha value is -1.89. The van der Waals surface area contributed by atoms with Crippen LogP contribution in [0.3, 0.4) is 0 Å². The average molecular weight is 266 g/mol. The molecule has 7 heteroatoms. The van der Waals surface area contributed by atoms with Crippen LogP contribution >= 0.6 is 11.8 Å². The van der Waals surface area contributed by atoms with Crippen molar-refractivity contribution >= 4 is 17.5 Å². The smallest absolute Gasteiger partial charge is 0.289 e. The third-order valence-corrected chi connectivity index (χ3v) is 3.28. The zero-order valence-electron chi connectivity index (χ0n) is 9.05. The van der Waals surface area contributed by atoms with Gasteiger partial charge in [0.15, 0.2) is 0 Å². The molecule has 18 heavy (non-hydrogen) atoms. The minimum absolute atomic E-state index is 0.376. The molecule has 1 aromatic carbocycles. The van der Waals surface area contributed by atoms with Crippen LogP contribution in [0, 0.1) is 0 Å². The molecule has 2 aromatic rings. The van der Waals surface area contributed by atoms with Crippen LogP contribution in [0.4, 0.5) is 8.78 Å². The fourth-order valence-corrected chi connectivity index (χ4v) is 2.36. The Balaban J connectivity index is 1.95. The molecule has 1 aliphatic heterocycles. The summed E-state index contributed by atoms with van der Waals surface area (Å²) >= 11 is 1.26. The first-order chi connectivity index (χ1) is 8.75. The number of halogens is 2. The molecule has 0 aliphatic carbocycles. The summed E-state index contributed by atoms with van der Waals surface area (Å²) < 4.78 is 26.7. The van der Waals surface area contributed by atoms with Gasteiger partial charge in [-0.3, -0.25) is 5.43 Å². The Kier molecular flexibility index (Phi) is 2.75. The number of nitrogens with zero attached hydrogens (tertiary/aromatic N) is 3. The Morgan fingerprint density at radius 3 is 2.67 bits per heavy atom. The van der Waals surface area contributed by atoms with Crippen molar-refractivity contribution in [3.8, 4) is 0 Å². The van der Waals surface area contributed by atoms with Crippen molar-refractivity contribution in [3.63, 3.8) is 0 Å². The lowest BCUT2D eigenvalue weighted by molar-refractivity contribution is 0.136. The lowest BCUT2D eigenvalue weighted by atomic mass is 10.2. The van der Waals surface area contributed by atoms with E-state index in [4.69, 9.17) is 0 Å². The molecule has 0 fully saturated rings. The third-order valence-electron chi connectivity index (χ3n) is 2.45. The molecule has 1 N–H and O–H groups in total. The van der Waals surface area contributed by atoms with Gasteiger partial charge in [-0.05, 0) is 5.56 Å². The van der Waals surface area contributed by atoms with Crippen LogP contribution in [0.1, 0.15) is 17.8 Å². The van der Waals surface area contributed by atoms with Crippen LogP contribution in [-0.4, -0.2) is 14.9 Å². The number of alkyl halides is 2. The Bertz CT molecular complexity index is 594. The molecule has 92 valence electrons. The number of rotatable bonds is 2. The van der Waals surface area contributed by atoms with E-state index in [-0.39, 0.29) is 5.82 Å². The van der Waals surface area contributed by atoms with E-state index in [0.717, 1.165) is 11.3 Å². The van der Waals surface area contributed by atoms with Crippen molar-refractivity contribution in [3.05, 3.63) is 47.1 Å². The highest BCUT2D eigenvalue weighted by Crippen LogP contribution is 2.30. The first kappa shape index (κ1) is 11.2. The van der Waals surface area contributed by atoms with Gasteiger partial charge < -0.3 is 0 Å². The maximum absolute atomic E-state index is 12.7. The molecular formula is C11H8F2N4S. The minimum atomic E-state index is -2.66. The highest BCUT2D eigenvalue weighted by molar-refractivity contribution is 8.02. The Morgan fingerprint density at radius 1 is 1.17 bits per heavy atom. The maximum atomic E-state index is 12.7. The normalized spacial score (nSPS) is 14.1. The van der Waals surface area contributed by atoms with Gasteiger partial charge in [-0.15, -0.1) is 10.2 Å². The summed E-state index contributed by atoms with van der Waals surface area (Å²) in [6.45, 7) is 0. The molecular weight excluding hydrogens is 258 g/mol. The molecule has 0 atom stereocenters. The van der Waals surface area contributed by atoms with Crippen LogP contribution in [0.25, 0.3) is 5.70 Å². The molecule has 1 aliphatic rings. The second-order valence-electron chi connectivity index (χ2n) is 3.60. The van der Waals surface area contributed by atoms with Gasteiger partial charge in [0.2, 0.25) is 11.0 Å². The SMILES string of the molecule is FC(F)c1nnc2n1NC(c1ccccc1)=CS2. The van der Waals surface area contributed by atoms with Gasteiger partial charge in [-0.2, -0.15) is 0 Å². The second-order valence-corrected chi connectivity index (χ2v) is 4.44. The Morgan fingerprint density at radius 2 is 1.94 bits per heavy atom. The molecule has 1 aromatic heterocycles. The van der Waals surface area contributed by atoms with Gasteiger partial charge in [0.25, 0.3) is 6.43 Å². The van der Waals surface area contributed by atoms with E-state index in [2.05, 4.69) is 15.6 Å². The number of thioether (sulfide) groups is 1. The van der Waals surface area contributed by atoms with Crippen molar-refractivity contribution in [1.29, 1.82) is 0 Å². The van der Waals surface area contributed by atoms with E-state index in [1.165, 1.54) is 16.4 Å². The predicted octanol–water partition coefficient (Wildman–Crippen LogP) is 2.86. The molecule has 0 saturated carbocycles. The van der Waals surface area contributed by atoms with Gasteiger partial charge in [0, 0.05) is 5.41 Å². The predicted molar refractivity (Wildman–Crippen MR) is 64.6 cm³/mol. The maximum Gasteiger partial charge on any atom is 0.299 e. The molecule has 0 unspecified atom stereocenters. The van der Waals surface area contributed by atoms with E-state index >= 15 is 0 Å². The van der Waals surface area contributed by atoms with Crippen molar-refractivity contribution in [1.82, 2.24) is 14.9 Å². The Labute approximate surface area is 106 Å². The number of benzene rings is 1. The van der Waals surface area contributed by atoms with E-state index in [0.29, 0.717) is 5.16 Å². The van der Waals surface area contributed by atoms with E-state index in [9.17, 15) is 8.78 Å². The largest absolute Gasteiger partial charge is 0.299 e. The number of hydrogen-bond acceptors (Lipinski definition) is 4. The first-order valence-electron chi connectivity index (χ1n) is 5.18. The van der Waals surface area contributed by atoms with Gasteiger partial charge in [0.05, 0.1) is 5.70 Å². The summed E-state index contributed by atoms with van der Waals surface area (Å²) in [5, 5.41) is 9.40. The topological polar surface area (TPSA) is 42.7 Å². The molecule has 0 spiro atoms. The number of fused-ring (bicyclic) bond motifs is 1. The van der Waals surface area contributed by atoms with Crippen LogP contribution in [-0.2, 0) is 0 Å². The van der Waals surface area contributed by atoms with Gasteiger partial charge in [-0.1, -0.05) is 42.1 Å². The van der Waals surface area contributed by atoms with E-state index < -0.39 is 6.43 Å². The van der Waals surface area contributed by atoms with Crippen LogP contribution in [0.2, 0.25) is 0 Å². The lowest BCUT2D eigenvalue weighted by Gasteiger charge is -2.18. The van der Waals surface area contributed by atoms with Crippen molar-refractivity contribution in [2.75, 3.05) is 5.43 Å². The van der Waals surface area contributed by atoms with Crippen molar-refractivity contribution in [2.45, 2.75) is 11.6 Å². The molecule has 0 saturated heterocycles. The molecule has 4 nitrogen and oxygen atoms in total. The molecule has 0 bridgehead atoms. The van der Waals surface area contributed by atoms with Gasteiger partial charge in [0.1, 0.15) is 0 Å². The van der Waals surface area contributed by atoms with Crippen LogP contribution in [0.5, 0.6) is 0 Å². The summed E-state index contributed by atoms with van der Waals surface area (Å²) in [4.78, 5) is 0. The summed E-state index contributed by atoms with van der Waals surface area (Å²) in [5.74, 6) is -0.376. The number of nitrogens with one attached hydrogen (secondary N) is 1. The highest BCUT2D eigenvalue weighted by atomic mass is 32.2. The number of aromatic nitrogens is 3. The number of hydrogen-bond donors (Lipinski definition) is 1. The lowest BCUT2D eigenvalue weighted by Crippen LogP contribution is -2.20. The summed E-state index contributed by atoms with van der Waals surface area (Å²) in [5.41, 5.74) is 4.56. The standard InChI is InChI=1S/C11H8F2N4S/c12-9(13)10-14-15-11-17(10)16-8(6-18-11)7-4-2-1-3-5-7/h1-6,9,16H. The summed E-state index contributed by atoms with van der Waals surface area (Å²) in [6.07, 6.45) is -2.66. The van der Waals surface area contributed by atoms with Crippen molar-refractivity contribution < 1.29 is 8.78 Å². The van der Waals surface area contributed by atoms with Gasteiger partial charge in [-0.25, -0.2) is 13.5 Å². The molecule has 3 rings (SSSR count). The second kappa shape index (κ2) is 4.41. The monoisotopic (exact) mass is 266 g/mol. The fraction of sp³-hybridized carbons (Fsp3) is 0.0909. The first-order valence-corrected chi connectivity index (χ1v) is 6.06. The van der Waals surface area contributed by atoms with Crippen molar-refractivity contribution in [2.24, 2.45) is 0 Å². The van der Waals surface area contributed by atoms with E-state index in [1.54, 1.807) is 0 Å².